The lowest BCUT2D eigenvalue weighted by atomic mass is 10.0. The van der Waals surface area contributed by atoms with E-state index in [0.717, 1.165) is 6.07 Å². The topological polar surface area (TPSA) is 69.7 Å². The van der Waals surface area contributed by atoms with Crippen LogP contribution in [-0.2, 0) is 4.79 Å². The van der Waals surface area contributed by atoms with Gasteiger partial charge in [0.25, 0.3) is 11.8 Å². The Labute approximate surface area is 183 Å². The second-order valence-corrected chi connectivity index (χ2v) is 8.77. The number of carbonyl (C=O) groups is 3. The van der Waals surface area contributed by atoms with Gasteiger partial charge in [-0.05, 0) is 35.6 Å². The van der Waals surface area contributed by atoms with Crippen LogP contribution in [0.5, 0.6) is 0 Å². The first-order valence-electron chi connectivity index (χ1n) is 9.65. The minimum atomic E-state index is -0.645. The molecule has 9 heteroatoms. The molecule has 0 bridgehead atoms. The molecular formula is C21H23ClFN3O3S. The largest absolute Gasteiger partial charge is 0.339 e. The Hall–Kier alpha value is -2.45. The molecule has 0 spiro atoms. The zero-order valence-electron chi connectivity index (χ0n) is 16.7. The number of amides is 3. The molecule has 30 heavy (non-hydrogen) atoms. The Morgan fingerprint density at radius 1 is 1.10 bits per heavy atom. The van der Waals surface area contributed by atoms with Crippen LogP contribution in [0.4, 0.5) is 4.39 Å². The van der Waals surface area contributed by atoms with Crippen molar-refractivity contribution in [1.82, 2.24) is 15.1 Å². The highest BCUT2D eigenvalue weighted by atomic mass is 35.5. The monoisotopic (exact) mass is 451 g/mol. The Morgan fingerprint density at radius 2 is 1.77 bits per heavy atom. The normalized spacial score (nSPS) is 15.2. The number of benzene rings is 1. The van der Waals surface area contributed by atoms with Crippen molar-refractivity contribution in [3.8, 4) is 0 Å². The highest BCUT2D eigenvalue weighted by molar-refractivity contribution is 7.12. The van der Waals surface area contributed by atoms with Crippen LogP contribution in [0.2, 0.25) is 5.02 Å². The first-order valence-corrected chi connectivity index (χ1v) is 10.9. The van der Waals surface area contributed by atoms with E-state index in [9.17, 15) is 18.8 Å². The molecule has 1 unspecified atom stereocenters. The van der Waals surface area contributed by atoms with Crippen molar-refractivity contribution >= 4 is 40.7 Å². The van der Waals surface area contributed by atoms with Crippen LogP contribution in [0, 0.1) is 11.7 Å². The molecule has 160 valence electrons. The molecule has 1 atom stereocenters. The van der Waals surface area contributed by atoms with E-state index < -0.39 is 11.9 Å². The number of nitrogens with one attached hydrogen (secondary N) is 1. The first-order chi connectivity index (χ1) is 14.3. The quantitative estimate of drug-likeness (QED) is 0.758. The Kier molecular flexibility index (Phi) is 7.10. The summed E-state index contributed by atoms with van der Waals surface area (Å²) in [7, 11) is 0. The Bertz CT molecular complexity index is 928. The molecule has 1 fully saturated rings. The lowest BCUT2D eigenvalue weighted by molar-refractivity contribution is -0.135. The van der Waals surface area contributed by atoms with Crippen molar-refractivity contribution < 1.29 is 18.8 Å². The summed E-state index contributed by atoms with van der Waals surface area (Å²) in [5.41, 5.74) is 0.237. The summed E-state index contributed by atoms with van der Waals surface area (Å²) < 4.78 is 13.2. The van der Waals surface area contributed by atoms with Gasteiger partial charge >= 0.3 is 0 Å². The summed E-state index contributed by atoms with van der Waals surface area (Å²) in [6, 6.07) is 6.53. The molecule has 6 nitrogen and oxygen atoms in total. The SMILES string of the molecule is CC(C)C(NC(=O)c1cccs1)C(=O)N1CCN(C(=O)c2ccc(F)cc2Cl)CC1. The van der Waals surface area contributed by atoms with E-state index in [2.05, 4.69) is 5.32 Å². The molecule has 2 aromatic rings. The molecule has 1 saturated heterocycles. The summed E-state index contributed by atoms with van der Waals surface area (Å²) in [6.07, 6.45) is 0. The molecule has 0 aliphatic carbocycles. The van der Waals surface area contributed by atoms with E-state index in [-0.39, 0.29) is 34.2 Å². The van der Waals surface area contributed by atoms with Gasteiger partial charge in [0.15, 0.2) is 0 Å². The van der Waals surface area contributed by atoms with E-state index in [4.69, 9.17) is 11.6 Å². The number of halogens is 2. The van der Waals surface area contributed by atoms with Crippen molar-refractivity contribution in [3.63, 3.8) is 0 Å². The number of nitrogens with zero attached hydrogens (tertiary/aromatic N) is 2. The van der Waals surface area contributed by atoms with Gasteiger partial charge in [0, 0.05) is 26.2 Å². The van der Waals surface area contributed by atoms with Crippen LogP contribution in [0.3, 0.4) is 0 Å². The second-order valence-electron chi connectivity index (χ2n) is 7.41. The van der Waals surface area contributed by atoms with Gasteiger partial charge in [-0.3, -0.25) is 14.4 Å². The fraction of sp³-hybridized carbons (Fsp3) is 0.381. The molecule has 1 N–H and O–H groups in total. The summed E-state index contributed by atoms with van der Waals surface area (Å²) >= 11 is 7.32. The van der Waals surface area contributed by atoms with E-state index in [1.807, 2.05) is 19.2 Å². The second kappa shape index (κ2) is 9.57. The molecule has 1 aliphatic heterocycles. The lowest BCUT2D eigenvalue weighted by Crippen LogP contribution is -2.57. The van der Waals surface area contributed by atoms with Gasteiger partial charge in [0.05, 0.1) is 15.5 Å². The predicted molar refractivity (Wildman–Crippen MR) is 114 cm³/mol. The van der Waals surface area contributed by atoms with Gasteiger partial charge in [-0.2, -0.15) is 0 Å². The molecule has 0 radical (unpaired) electrons. The number of rotatable bonds is 5. The van der Waals surface area contributed by atoms with Crippen LogP contribution in [0.25, 0.3) is 0 Å². The number of piperazine rings is 1. The number of hydrogen-bond donors (Lipinski definition) is 1. The van der Waals surface area contributed by atoms with Crippen molar-refractivity contribution in [3.05, 3.63) is 57.0 Å². The maximum Gasteiger partial charge on any atom is 0.262 e. The fourth-order valence-corrected chi connectivity index (χ4v) is 4.17. The fourth-order valence-electron chi connectivity index (χ4n) is 3.29. The van der Waals surface area contributed by atoms with Gasteiger partial charge < -0.3 is 15.1 Å². The summed E-state index contributed by atoms with van der Waals surface area (Å²) in [5.74, 6) is -1.31. The minimum Gasteiger partial charge on any atom is -0.339 e. The standard InChI is InChI=1S/C21H23ClFN3O3S/c1-13(2)18(24-19(27)17-4-3-11-30-17)21(29)26-9-7-25(8-10-26)20(28)15-6-5-14(23)12-16(15)22/h3-6,11-13,18H,7-10H2,1-2H3,(H,24,27). The van der Waals surface area contributed by atoms with Crippen molar-refractivity contribution in [2.45, 2.75) is 19.9 Å². The van der Waals surface area contributed by atoms with E-state index in [0.29, 0.717) is 31.1 Å². The van der Waals surface area contributed by atoms with Gasteiger partial charge in [-0.25, -0.2) is 4.39 Å². The molecule has 2 heterocycles. The molecule has 1 aromatic carbocycles. The zero-order chi connectivity index (χ0) is 21.8. The highest BCUT2D eigenvalue weighted by Crippen LogP contribution is 2.20. The predicted octanol–water partition coefficient (Wildman–Crippen LogP) is 3.28. The lowest BCUT2D eigenvalue weighted by Gasteiger charge is -2.37. The van der Waals surface area contributed by atoms with Crippen molar-refractivity contribution in [2.75, 3.05) is 26.2 Å². The third-order valence-corrected chi connectivity index (χ3v) is 6.19. The highest BCUT2D eigenvalue weighted by Gasteiger charge is 2.32. The third kappa shape index (κ3) is 4.99. The number of hydrogen-bond acceptors (Lipinski definition) is 4. The molecule has 1 aliphatic rings. The number of carbonyl (C=O) groups excluding carboxylic acids is 3. The molecule has 0 saturated carbocycles. The molecular weight excluding hydrogens is 429 g/mol. The average Bonchev–Trinajstić information content (AvgIpc) is 3.26. The molecule has 3 rings (SSSR count). The van der Waals surface area contributed by atoms with Gasteiger partial charge in [-0.15, -0.1) is 11.3 Å². The van der Waals surface area contributed by atoms with Gasteiger partial charge in [-0.1, -0.05) is 31.5 Å². The van der Waals surface area contributed by atoms with E-state index in [1.165, 1.54) is 23.5 Å². The van der Waals surface area contributed by atoms with E-state index >= 15 is 0 Å². The molecule has 3 amide bonds. The van der Waals surface area contributed by atoms with Crippen molar-refractivity contribution in [1.29, 1.82) is 0 Å². The van der Waals surface area contributed by atoms with E-state index in [1.54, 1.807) is 21.9 Å². The van der Waals surface area contributed by atoms with Crippen molar-refractivity contribution in [2.24, 2.45) is 5.92 Å². The van der Waals surface area contributed by atoms with Gasteiger partial charge in [0.2, 0.25) is 5.91 Å². The smallest absolute Gasteiger partial charge is 0.262 e. The van der Waals surface area contributed by atoms with Crippen LogP contribution in [0.1, 0.15) is 33.9 Å². The van der Waals surface area contributed by atoms with Crippen LogP contribution in [0.15, 0.2) is 35.7 Å². The molecule has 1 aromatic heterocycles. The average molecular weight is 452 g/mol. The van der Waals surface area contributed by atoms with Crippen LogP contribution >= 0.6 is 22.9 Å². The van der Waals surface area contributed by atoms with Crippen LogP contribution < -0.4 is 5.32 Å². The first kappa shape index (κ1) is 22.2. The number of thiophene rings is 1. The Balaban J connectivity index is 1.61. The zero-order valence-corrected chi connectivity index (χ0v) is 18.3. The summed E-state index contributed by atoms with van der Waals surface area (Å²) in [4.78, 5) is 41.9. The Morgan fingerprint density at radius 3 is 2.33 bits per heavy atom. The van der Waals surface area contributed by atoms with Gasteiger partial charge in [0.1, 0.15) is 11.9 Å². The third-order valence-electron chi connectivity index (χ3n) is 5.00. The maximum absolute atomic E-state index is 13.2. The maximum atomic E-state index is 13.2. The van der Waals surface area contributed by atoms with Crippen LogP contribution in [-0.4, -0.2) is 59.7 Å². The minimum absolute atomic E-state index is 0.0645. The summed E-state index contributed by atoms with van der Waals surface area (Å²) in [6.45, 7) is 5.13. The summed E-state index contributed by atoms with van der Waals surface area (Å²) in [5, 5.41) is 4.71.